The second-order valence-corrected chi connectivity index (χ2v) is 4.19. The van der Waals surface area contributed by atoms with E-state index < -0.39 is 11.4 Å². The van der Waals surface area contributed by atoms with Crippen LogP contribution in [0, 0.1) is 0 Å². The largest absolute Gasteiger partial charge is 0.368 e. The molecule has 0 atom stereocenters. The summed E-state index contributed by atoms with van der Waals surface area (Å²) in [6.45, 7) is 3.37. The van der Waals surface area contributed by atoms with Crippen LogP contribution >= 0.6 is 15.9 Å². The molecule has 5 nitrogen and oxygen atoms in total. The molecule has 0 bridgehead atoms. The van der Waals surface area contributed by atoms with E-state index in [0.29, 0.717) is 10.3 Å². The SMILES string of the molecule is CC(C)(Nc1ncncc1Br)C(N)=O. The van der Waals surface area contributed by atoms with Gasteiger partial charge in [0.25, 0.3) is 0 Å². The zero-order valence-electron chi connectivity index (χ0n) is 7.91. The van der Waals surface area contributed by atoms with Crippen molar-refractivity contribution in [3.8, 4) is 0 Å². The van der Waals surface area contributed by atoms with Gasteiger partial charge in [0.15, 0.2) is 0 Å². The number of nitrogens with zero attached hydrogens (tertiary/aromatic N) is 2. The molecular formula is C8H11BrN4O. The van der Waals surface area contributed by atoms with E-state index in [4.69, 9.17) is 5.73 Å². The first-order chi connectivity index (χ1) is 6.43. The lowest BCUT2D eigenvalue weighted by molar-refractivity contribution is -0.121. The fourth-order valence-corrected chi connectivity index (χ4v) is 1.08. The lowest BCUT2D eigenvalue weighted by Crippen LogP contribution is -2.45. The summed E-state index contributed by atoms with van der Waals surface area (Å²) in [6, 6.07) is 0. The number of rotatable bonds is 3. The summed E-state index contributed by atoms with van der Waals surface area (Å²) >= 11 is 3.26. The number of hydrogen-bond acceptors (Lipinski definition) is 4. The molecule has 0 radical (unpaired) electrons. The van der Waals surface area contributed by atoms with E-state index in [1.165, 1.54) is 6.33 Å². The van der Waals surface area contributed by atoms with Crippen molar-refractivity contribution in [2.45, 2.75) is 19.4 Å². The lowest BCUT2D eigenvalue weighted by atomic mass is 10.1. The summed E-state index contributed by atoms with van der Waals surface area (Å²) in [5.74, 6) is 0.104. The van der Waals surface area contributed by atoms with Crippen LogP contribution in [0.2, 0.25) is 0 Å². The maximum atomic E-state index is 11.0. The molecule has 3 N–H and O–H groups in total. The Kier molecular flexibility index (Phi) is 3.05. The van der Waals surface area contributed by atoms with E-state index in [1.54, 1.807) is 20.0 Å². The molecule has 0 aliphatic carbocycles. The molecule has 0 fully saturated rings. The van der Waals surface area contributed by atoms with Crippen molar-refractivity contribution in [1.29, 1.82) is 0 Å². The van der Waals surface area contributed by atoms with Crippen LogP contribution in [-0.2, 0) is 4.79 Å². The Balaban J connectivity index is 2.89. The molecule has 0 aromatic carbocycles. The van der Waals surface area contributed by atoms with Gasteiger partial charge in [-0.15, -0.1) is 0 Å². The fraction of sp³-hybridized carbons (Fsp3) is 0.375. The molecule has 76 valence electrons. The Labute approximate surface area is 90.2 Å². The summed E-state index contributed by atoms with van der Waals surface area (Å²) < 4.78 is 0.689. The van der Waals surface area contributed by atoms with Gasteiger partial charge in [0.05, 0.1) is 4.47 Å². The molecule has 6 heteroatoms. The number of carbonyl (C=O) groups excluding carboxylic acids is 1. The number of primary amides is 1. The van der Waals surface area contributed by atoms with Crippen LogP contribution in [0.25, 0.3) is 0 Å². The Hall–Kier alpha value is -1.17. The van der Waals surface area contributed by atoms with Crippen LogP contribution in [0.15, 0.2) is 17.0 Å². The number of nitrogens with two attached hydrogens (primary N) is 1. The number of carbonyl (C=O) groups is 1. The van der Waals surface area contributed by atoms with Gasteiger partial charge in [-0.3, -0.25) is 4.79 Å². The van der Waals surface area contributed by atoms with Gasteiger partial charge in [0.1, 0.15) is 17.7 Å². The number of amides is 1. The highest BCUT2D eigenvalue weighted by Crippen LogP contribution is 2.20. The molecule has 14 heavy (non-hydrogen) atoms. The van der Waals surface area contributed by atoms with Crippen molar-refractivity contribution in [1.82, 2.24) is 9.97 Å². The molecule has 1 rings (SSSR count). The highest BCUT2D eigenvalue weighted by atomic mass is 79.9. The van der Waals surface area contributed by atoms with Gasteiger partial charge in [0, 0.05) is 6.20 Å². The fourth-order valence-electron chi connectivity index (χ4n) is 0.762. The van der Waals surface area contributed by atoms with Crippen molar-refractivity contribution >= 4 is 27.7 Å². The lowest BCUT2D eigenvalue weighted by Gasteiger charge is -2.23. The molecule has 1 aromatic rings. The molecular weight excluding hydrogens is 248 g/mol. The molecule has 0 spiro atoms. The maximum Gasteiger partial charge on any atom is 0.242 e. The van der Waals surface area contributed by atoms with E-state index in [0.717, 1.165) is 0 Å². The van der Waals surface area contributed by atoms with Gasteiger partial charge < -0.3 is 11.1 Å². The summed E-state index contributed by atoms with van der Waals surface area (Å²) in [4.78, 5) is 18.8. The average Bonchev–Trinajstić information content (AvgIpc) is 2.08. The standard InChI is InChI=1S/C8H11BrN4O/c1-8(2,7(10)14)13-6-5(9)3-11-4-12-6/h3-4H,1-2H3,(H2,10,14)(H,11,12,13). The monoisotopic (exact) mass is 258 g/mol. The van der Waals surface area contributed by atoms with Crippen molar-refractivity contribution in [2.24, 2.45) is 5.73 Å². The quantitative estimate of drug-likeness (QED) is 0.845. The van der Waals surface area contributed by atoms with Gasteiger partial charge in [0.2, 0.25) is 5.91 Å². The third-order valence-electron chi connectivity index (χ3n) is 1.71. The average molecular weight is 259 g/mol. The Morgan fingerprint density at radius 3 is 2.79 bits per heavy atom. The van der Waals surface area contributed by atoms with Crippen molar-refractivity contribution < 1.29 is 4.79 Å². The normalized spacial score (nSPS) is 11.1. The minimum absolute atomic E-state index is 0.442. The van der Waals surface area contributed by atoms with Gasteiger partial charge in [-0.2, -0.15) is 0 Å². The van der Waals surface area contributed by atoms with Crippen molar-refractivity contribution in [2.75, 3.05) is 5.32 Å². The van der Waals surface area contributed by atoms with E-state index >= 15 is 0 Å². The number of anilines is 1. The highest BCUT2D eigenvalue weighted by Gasteiger charge is 2.25. The van der Waals surface area contributed by atoms with Crippen LogP contribution in [0.5, 0.6) is 0 Å². The van der Waals surface area contributed by atoms with Gasteiger partial charge in [-0.25, -0.2) is 9.97 Å². The zero-order valence-corrected chi connectivity index (χ0v) is 9.50. The molecule has 1 amide bonds. The van der Waals surface area contributed by atoms with Crippen LogP contribution in [0.1, 0.15) is 13.8 Å². The predicted molar refractivity (Wildman–Crippen MR) is 56.6 cm³/mol. The Bertz CT molecular complexity index is 353. The molecule has 0 aliphatic heterocycles. The highest BCUT2D eigenvalue weighted by molar-refractivity contribution is 9.10. The van der Waals surface area contributed by atoms with Crippen molar-refractivity contribution in [3.05, 3.63) is 17.0 Å². The summed E-state index contributed by atoms with van der Waals surface area (Å²) in [5.41, 5.74) is 4.37. The van der Waals surface area contributed by atoms with E-state index in [9.17, 15) is 4.79 Å². The first-order valence-corrected chi connectivity index (χ1v) is 4.76. The zero-order chi connectivity index (χ0) is 10.8. The van der Waals surface area contributed by atoms with Gasteiger partial charge in [-0.1, -0.05) is 0 Å². The minimum atomic E-state index is -0.836. The smallest absolute Gasteiger partial charge is 0.242 e. The Morgan fingerprint density at radius 2 is 2.29 bits per heavy atom. The molecule has 0 saturated heterocycles. The second kappa shape index (κ2) is 3.91. The molecule has 0 unspecified atom stereocenters. The van der Waals surface area contributed by atoms with Crippen LogP contribution in [-0.4, -0.2) is 21.4 Å². The first kappa shape index (κ1) is 10.9. The molecule has 1 heterocycles. The van der Waals surface area contributed by atoms with Crippen LogP contribution < -0.4 is 11.1 Å². The maximum absolute atomic E-state index is 11.0. The summed E-state index contributed by atoms with van der Waals surface area (Å²) in [5, 5.41) is 2.91. The van der Waals surface area contributed by atoms with E-state index in [-0.39, 0.29) is 0 Å². The van der Waals surface area contributed by atoms with Gasteiger partial charge in [-0.05, 0) is 29.8 Å². The predicted octanol–water partition coefficient (Wildman–Crippen LogP) is 0.915. The van der Waals surface area contributed by atoms with Crippen LogP contribution in [0.4, 0.5) is 5.82 Å². The van der Waals surface area contributed by atoms with Gasteiger partial charge >= 0.3 is 0 Å². The van der Waals surface area contributed by atoms with E-state index in [1.807, 2.05) is 0 Å². The van der Waals surface area contributed by atoms with E-state index in [2.05, 4.69) is 31.2 Å². The molecule has 0 saturated carbocycles. The Morgan fingerprint density at radius 1 is 1.64 bits per heavy atom. The third kappa shape index (κ3) is 2.41. The summed E-state index contributed by atoms with van der Waals surface area (Å²) in [6.07, 6.45) is 2.98. The third-order valence-corrected chi connectivity index (χ3v) is 2.29. The van der Waals surface area contributed by atoms with Crippen molar-refractivity contribution in [3.63, 3.8) is 0 Å². The minimum Gasteiger partial charge on any atom is -0.368 e. The first-order valence-electron chi connectivity index (χ1n) is 3.97. The number of aromatic nitrogens is 2. The van der Waals surface area contributed by atoms with Crippen LogP contribution in [0.3, 0.4) is 0 Å². The number of nitrogens with one attached hydrogen (secondary N) is 1. The number of halogens is 1. The second-order valence-electron chi connectivity index (χ2n) is 3.33. The topological polar surface area (TPSA) is 80.9 Å². The number of hydrogen-bond donors (Lipinski definition) is 2. The molecule has 1 aromatic heterocycles. The molecule has 0 aliphatic rings. The summed E-state index contributed by atoms with van der Waals surface area (Å²) in [7, 11) is 0.